The van der Waals surface area contributed by atoms with Crippen LogP contribution in [0.15, 0.2) is 60.8 Å². The number of carbonyl (C=O) groups is 1. The lowest BCUT2D eigenvalue weighted by Gasteiger charge is -2.10. The lowest BCUT2D eigenvalue weighted by atomic mass is 10.3. The Morgan fingerprint density at radius 1 is 0.844 bits per heavy atom. The van der Waals surface area contributed by atoms with Crippen molar-refractivity contribution in [1.29, 1.82) is 0 Å². The van der Waals surface area contributed by atoms with Gasteiger partial charge in [-0.25, -0.2) is 9.78 Å². The van der Waals surface area contributed by atoms with Crippen molar-refractivity contribution in [2.45, 2.75) is 20.3 Å². The highest BCUT2D eigenvalue weighted by atomic mass is 32.1. The smallest absolute Gasteiger partial charge is 0.323 e. The number of rotatable bonds is 7. The molecule has 0 aliphatic rings. The summed E-state index contributed by atoms with van der Waals surface area (Å²) < 4.78 is 0. The highest BCUT2D eigenvalue weighted by Crippen LogP contribution is 2.22. The van der Waals surface area contributed by atoms with Crippen LogP contribution in [0, 0.1) is 6.92 Å². The van der Waals surface area contributed by atoms with Gasteiger partial charge in [-0.1, -0.05) is 25.1 Å². The van der Waals surface area contributed by atoms with Gasteiger partial charge in [0.15, 0.2) is 5.13 Å². The van der Waals surface area contributed by atoms with Crippen LogP contribution >= 0.6 is 11.3 Å². The number of anilines is 6. The fraction of sp³-hybridized carbons (Fsp3) is 0.136. The Bertz CT molecular complexity index is 1190. The normalized spacial score (nSPS) is 10.4. The molecule has 0 aliphatic carbocycles. The largest absolute Gasteiger partial charge is 0.324 e. The maximum Gasteiger partial charge on any atom is 0.323 e. The number of hydrogen-bond donors (Lipinski definition) is 4. The van der Waals surface area contributed by atoms with E-state index >= 15 is 0 Å². The number of carbonyl (C=O) groups excluding carboxylic acids is 1. The Morgan fingerprint density at radius 3 is 2.09 bits per heavy atom. The number of para-hydroxylation sites is 1. The average molecular weight is 447 g/mol. The summed E-state index contributed by atoms with van der Waals surface area (Å²) in [6.07, 6.45) is 2.46. The van der Waals surface area contributed by atoms with Crippen LogP contribution in [-0.2, 0) is 6.42 Å². The predicted octanol–water partition coefficient (Wildman–Crippen LogP) is 5.33. The van der Waals surface area contributed by atoms with E-state index in [0.29, 0.717) is 29.8 Å². The highest BCUT2D eigenvalue weighted by molar-refractivity contribution is 7.15. The van der Waals surface area contributed by atoms with E-state index in [9.17, 15) is 4.79 Å². The van der Waals surface area contributed by atoms with E-state index in [-0.39, 0.29) is 6.03 Å². The van der Waals surface area contributed by atoms with Gasteiger partial charge in [0.25, 0.3) is 0 Å². The number of aryl methyl sites for hydroxylation is 2. The Hall–Kier alpha value is -4.05. The summed E-state index contributed by atoms with van der Waals surface area (Å²) in [7, 11) is 0. The summed E-state index contributed by atoms with van der Waals surface area (Å²) in [6, 6.07) is 16.2. The lowest BCUT2D eigenvalue weighted by Crippen LogP contribution is -2.19. The van der Waals surface area contributed by atoms with E-state index in [1.165, 1.54) is 11.3 Å². The van der Waals surface area contributed by atoms with Gasteiger partial charge in [-0.2, -0.15) is 15.0 Å². The minimum atomic E-state index is -0.310. The molecule has 2 aromatic heterocycles. The first-order valence-corrected chi connectivity index (χ1v) is 10.8. The third-order valence-electron chi connectivity index (χ3n) is 4.27. The van der Waals surface area contributed by atoms with Crippen molar-refractivity contribution in [2.75, 3.05) is 21.3 Å². The van der Waals surface area contributed by atoms with Crippen LogP contribution in [0.25, 0.3) is 0 Å². The Morgan fingerprint density at radius 2 is 1.47 bits per heavy atom. The molecule has 4 N–H and O–H groups in total. The van der Waals surface area contributed by atoms with E-state index in [0.717, 1.165) is 21.4 Å². The van der Waals surface area contributed by atoms with Gasteiger partial charge in [-0.3, -0.25) is 5.32 Å². The summed E-state index contributed by atoms with van der Waals surface area (Å²) in [5.74, 6) is 1.52. The van der Waals surface area contributed by atoms with E-state index in [2.05, 4.69) is 41.2 Å². The zero-order valence-corrected chi connectivity index (χ0v) is 18.4. The summed E-state index contributed by atoms with van der Waals surface area (Å²) in [5, 5.41) is 12.6. The zero-order chi connectivity index (χ0) is 22.3. The second kappa shape index (κ2) is 9.84. The van der Waals surface area contributed by atoms with Gasteiger partial charge in [-0.15, -0.1) is 11.3 Å². The summed E-state index contributed by atoms with van der Waals surface area (Å²) >= 11 is 1.53. The fourth-order valence-corrected chi connectivity index (χ4v) is 3.44. The van der Waals surface area contributed by atoms with E-state index in [1.807, 2.05) is 56.3 Å². The van der Waals surface area contributed by atoms with Gasteiger partial charge in [0, 0.05) is 34.6 Å². The van der Waals surface area contributed by atoms with E-state index in [4.69, 9.17) is 0 Å². The first-order chi connectivity index (χ1) is 15.6. The van der Waals surface area contributed by atoms with Crippen molar-refractivity contribution in [3.8, 4) is 0 Å². The molecule has 0 fully saturated rings. The van der Waals surface area contributed by atoms with Gasteiger partial charge >= 0.3 is 6.03 Å². The Labute approximate surface area is 189 Å². The standard InChI is InChI=1S/C22H22N8OS/c1-3-18-27-19(29-20(28-18)30-22-23-13-14(2)32-22)24-16-9-11-17(12-10-16)26-21(31)25-15-7-5-4-6-8-15/h4-13H,3H2,1-2H3,(H2,25,26,31)(H2,23,24,27,28,29,30). The third kappa shape index (κ3) is 5.76. The molecule has 0 atom stereocenters. The Balaban J connectivity index is 1.41. The van der Waals surface area contributed by atoms with Crippen LogP contribution in [0.1, 0.15) is 17.6 Å². The number of nitrogens with zero attached hydrogens (tertiary/aromatic N) is 4. The summed E-state index contributed by atoms with van der Waals surface area (Å²) in [4.78, 5) is 30.8. The maximum absolute atomic E-state index is 12.1. The van der Waals surface area contributed by atoms with Crippen molar-refractivity contribution in [2.24, 2.45) is 0 Å². The number of hydrogen-bond acceptors (Lipinski definition) is 8. The van der Waals surface area contributed by atoms with Crippen LogP contribution in [0.4, 0.5) is 38.9 Å². The molecule has 162 valence electrons. The minimum Gasteiger partial charge on any atom is -0.324 e. The molecule has 0 bridgehead atoms. The van der Waals surface area contributed by atoms with Crippen LogP contribution in [-0.4, -0.2) is 26.0 Å². The van der Waals surface area contributed by atoms with Gasteiger partial charge in [0.05, 0.1) is 0 Å². The molecule has 0 saturated heterocycles. The second-order valence-corrected chi connectivity index (χ2v) is 8.04. The van der Waals surface area contributed by atoms with Gasteiger partial charge in [-0.05, 0) is 43.3 Å². The topological polar surface area (TPSA) is 117 Å². The average Bonchev–Trinajstić information content (AvgIpc) is 3.20. The van der Waals surface area contributed by atoms with Crippen molar-refractivity contribution >= 4 is 51.5 Å². The molecular formula is C22H22N8OS. The molecule has 4 rings (SSSR count). The molecule has 0 aliphatic heterocycles. The van der Waals surface area contributed by atoms with E-state index < -0.39 is 0 Å². The van der Waals surface area contributed by atoms with Gasteiger partial charge in [0.1, 0.15) is 5.82 Å². The highest BCUT2D eigenvalue weighted by Gasteiger charge is 2.09. The quantitative estimate of drug-likeness (QED) is 0.303. The first kappa shape index (κ1) is 21.2. The monoisotopic (exact) mass is 446 g/mol. The summed E-state index contributed by atoms with van der Waals surface area (Å²) in [5.41, 5.74) is 2.17. The fourth-order valence-electron chi connectivity index (χ4n) is 2.78. The lowest BCUT2D eigenvalue weighted by molar-refractivity contribution is 0.262. The molecule has 32 heavy (non-hydrogen) atoms. The van der Waals surface area contributed by atoms with Crippen LogP contribution in [0.2, 0.25) is 0 Å². The van der Waals surface area contributed by atoms with Gasteiger partial charge in [0.2, 0.25) is 11.9 Å². The molecule has 10 heteroatoms. The van der Waals surface area contributed by atoms with Crippen LogP contribution < -0.4 is 21.3 Å². The molecule has 0 saturated carbocycles. The van der Waals surface area contributed by atoms with Crippen molar-refractivity contribution < 1.29 is 4.79 Å². The molecular weight excluding hydrogens is 424 g/mol. The predicted molar refractivity (Wildman–Crippen MR) is 128 cm³/mol. The molecule has 0 radical (unpaired) electrons. The molecule has 4 aromatic rings. The first-order valence-electron chi connectivity index (χ1n) is 10.0. The van der Waals surface area contributed by atoms with Crippen molar-refractivity contribution in [1.82, 2.24) is 19.9 Å². The number of thiazole rings is 1. The SMILES string of the molecule is CCc1nc(Nc2ccc(NC(=O)Nc3ccccc3)cc2)nc(Nc2ncc(C)s2)n1. The molecule has 2 amide bonds. The van der Waals surface area contributed by atoms with Crippen molar-refractivity contribution in [3.05, 3.63) is 71.5 Å². The molecule has 0 spiro atoms. The zero-order valence-electron chi connectivity index (χ0n) is 17.6. The van der Waals surface area contributed by atoms with E-state index in [1.54, 1.807) is 18.3 Å². The molecule has 0 unspecified atom stereocenters. The number of urea groups is 1. The number of benzene rings is 2. The molecule has 2 aromatic carbocycles. The number of nitrogens with one attached hydrogen (secondary N) is 4. The summed E-state index contributed by atoms with van der Waals surface area (Å²) in [6.45, 7) is 3.97. The maximum atomic E-state index is 12.1. The molecule has 9 nitrogen and oxygen atoms in total. The number of amides is 2. The Kier molecular flexibility index (Phi) is 6.52. The third-order valence-corrected chi connectivity index (χ3v) is 5.10. The van der Waals surface area contributed by atoms with Crippen molar-refractivity contribution in [3.63, 3.8) is 0 Å². The second-order valence-electron chi connectivity index (χ2n) is 6.80. The van der Waals surface area contributed by atoms with Crippen LogP contribution in [0.5, 0.6) is 0 Å². The van der Waals surface area contributed by atoms with Crippen LogP contribution in [0.3, 0.4) is 0 Å². The van der Waals surface area contributed by atoms with Gasteiger partial charge < -0.3 is 16.0 Å². The molecule has 2 heterocycles. The number of aromatic nitrogens is 4. The minimum absolute atomic E-state index is 0.310.